The number of hydrogen-bond donors (Lipinski definition) is 6. The molecule has 0 spiro atoms. The van der Waals surface area contributed by atoms with E-state index in [1.807, 2.05) is 0 Å². The van der Waals surface area contributed by atoms with E-state index in [9.17, 15) is 29.7 Å². The first-order valence-electron chi connectivity index (χ1n) is 11.7. The molecule has 14 heteroatoms. The van der Waals surface area contributed by atoms with Crippen molar-refractivity contribution in [3.63, 3.8) is 0 Å². The predicted molar refractivity (Wildman–Crippen MR) is 123 cm³/mol. The molecule has 1 aliphatic carbocycles. The van der Waals surface area contributed by atoms with Crippen LogP contribution in [0.15, 0.2) is 23.5 Å². The fourth-order valence-corrected chi connectivity index (χ4v) is 4.64. The number of aromatic nitrogens is 2. The average molecular weight is 510 g/mol. The minimum atomic E-state index is -1.54. The maximum absolute atomic E-state index is 12.9. The summed E-state index contributed by atoms with van der Waals surface area (Å²) in [6.07, 6.45) is -3.87. The number of aliphatic hydroxyl groups is 3. The van der Waals surface area contributed by atoms with Crippen LogP contribution >= 0.6 is 0 Å². The van der Waals surface area contributed by atoms with Gasteiger partial charge in [-0.3, -0.25) is 4.79 Å². The summed E-state index contributed by atoms with van der Waals surface area (Å²) >= 11 is 0. The molecule has 3 fully saturated rings. The third-order valence-corrected chi connectivity index (χ3v) is 6.69. The minimum absolute atomic E-state index is 0.0906. The lowest BCUT2D eigenvalue weighted by molar-refractivity contribution is -0.149. The van der Waals surface area contributed by atoms with E-state index in [-0.39, 0.29) is 37.2 Å². The van der Waals surface area contributed by atoms with E-state index in [4.69, 9.17) is 19.9 Å². The number of rotatable bonds is 9. The van der Waals surface area contributed by atoms with Gasteiger partial charge in [0.2, 0.25) is 11.8 Å². The Morgan fingerprint density at radius 1 is 1.44 bits per heavy atom. The number of anilines is 1. The molecular weight excluding hydrogens is 478 g/mol. The first-order valence-corrected chi connectivity index (χ1v) is 11.7. The van der Waals surface area contributed by atoms with Gasteiger partial charge >= 0.3 is 11.7 Å². The smallest absolute Gasteiger partial charge is 0.354 e. The number of aliphatic hydroxyl groups excluding tert-OH is 3. The van der Waals surface area contributed by atoms with Gasteiger partial charge in [-0.15, -0.1) is 6.58 Å². The van der Waals surface area contributed by atoms with Crippen molar-refractivity contribution in [3.8, 4) is 5.88 Å². The third kappa shape index (κ3) is 4.69. The summed E-state index contributed by atoms with van der Waals surface area (Å²) in [5, 5.41) is 35.6. The van der Waals surface area contributed by atoms with Crippen molar-refractivity contribution >= 4 is 17.7 Å². The van der Waals surface area contributed by atoms with Gasteiger partial charge in [0.15, 0.2) is 6.23 Å². The monoisotopic (exact) mass is 509 g/mol. The molecule has 0 bridgehead atoms. The topological polar surface area (TPSA) is 207 Å². The van der Waals surface area contributed by atoms with Crippen LogP contribution in [-0.2, 0) is 19.1 Å². The van der Waals surface area contributed by atoms with Crippen LogP contribution in [0.1, 0.15) is 26.0 Å². The zero-order chi connectivity index (χ0) is 26.2. The molecule has 198 valence electrons. The Labute approximate surface area is 206 Å². The average Bonchev–Trinajstić information content (AvgIpc) is 3.21. The van der Waals surface area contributed by atoms with Gasteiger partial charge in [-0.25, -0.2) is 14.2 Å². The van der Waals surface area contributed by atoms with E-state index in [0.29, 0.717) is 6.42 Å². The highest BCUT2D eigenvalue weighted by Gasteiger charge is 2.61. The van der Waals surface area contributed by atoms with Crippen LogP contribution in [-0.4, -0.2) is 92.5 Å². The van der Waals surface area contributed by atoms with Crippen molar-refractivity contribution in [3.05, 3.63) is 29.2 Å². The second-order valence-corrected chi connectivity index (χ2v) is 9.06. The minimum Gasteiger partial charge on any atom is -0.474 e. The molecule has 1 saturated carbocycles. The summed E-state index contributed by atoms with van der Waals surface area (Å²) in [5.74, 6) is -1.37. The fourth-order valence-electron chi connectivity index (χ4n) is 4.64. The number of nitrogen functional groups attached to an aromatic ring is 1. The number of ether oxygens (including phenoxy) is 3. The van der Waals surface area contributed by atoms with E-state index in [0.717, 1.165) is 4.57 Å². The van der Waals surface area contributed by atoms with E-state index >= 15 is 0 Å². The van der Waals surface area contributed by atoms with Gasteiger partial charge in [-0.1, -0.05) is 6.08 Å². The molecule has 3 aliphatic rings. The van der Waals surface area contributed by atoms with Gasteiger partial charge < -0.3 is 45.9 Å². The van der Waals surface area contributed by atoms with Gasteiger partial charge in [0, 0.05) is 24.9 Å². The molecule has 0 aromatic carbocycles. The van der Waals surface area contributed by atoms with E-state index in [1.165, 1.54) is 6.07 Å². The molecule has 1 aromatic heterocycles. The zero-order valence-electron chi connectivity index (χ0n) is 19.7. The number of hydrogen-bond acceptors (Lipinski definition) is 12. The lowest BCUT2D eigenvalue weighted by Crippen LogP contribution is -2.51. The van der Waals surface area contributed by atoms with Crippen LogP contribution in [0.5, 0.6) is 5.88 Å². The Hall–Kier alpha value is -3.04. The Balaban J connectivity index is 1.46. The lowest BCUT2D eigenvalue weighted by atomic mass is 10.1. The molecule has 14 nitrogen and oxygen atoms in total. The second kappa shape index (κ2) is 10.1. The van der Waals surface area contributed by atoms with Crippen LogP contribution in [0.2, 0.25) is 0 Å². The molecule has 0 radical (unpaired) electrons. The first-order chi connectivity index (χ1) is 17.1. The van der Waals surface area contributed by atoms with Crippen molar-refractivity contribution in [1.29, 1.82) is 0 Å². The summed E-state index contributed by atoms with van der Waals surface area (Å²) in [7, 11) is 0. The fraction of sp³-hybridized carbons (Fsp3) is 0.636. The van der Waals surface area contributed by atoms with Crippen molar-refractivity contribution in [2.75, 3.05) is 25.5 Å². The lowest BCUT2D eigenvalue weighted by Gasteiger charge is -2.23. The van der Waals surface area contributed by atoms with Gasteiger partial charge in [0.05, 0.1) is 19.3 Å². The van der Waals surface area contributed by atoms with Crippen LogP contribution in [0, 0.1) is 5.92 Å². The van der Waals surface area contributed by atoms with Gasteiger partial charge in [0.1, 0.15) is 35.8 Å². The Bertz CT molecular complexity index is 1080. The van der Waals surface area contributed by atoms with E-state index < -0.39 is 66.4 Å². The molecule has 7 N–H and O–H groups in total. The number of nitrogens with zero attached hydrogens (tertiary/aromatic N) is 2. The highest BCUT2D eigenvalue weighted by Crippen LogP contribution is 2.45. The van der Waals surface area contributed by atoms with Crippen LogP contribution in [0.25, 0.3) is 0 Å². The molecule has 1 aromatic rings. The number of carbonyl (C=O) groups excluding carboxylic acids is 2. The number of amides is 1. The Morgan fingerprint density at radius 3 is 2.81 bits per heavy atom. The Morgan fingerprint density at radius 2 is 2.19 bits per heavy atom. The number of esters is 1. The molecule has 0 unspecified atom stereocenters. The predicted octanol–water partition coefficient (Wildman–Crippen LogP) is -2.83. The van der Waals surface area contributed by atoms with Crippen LogP contribution in [0.4, 0.5) is 5.82 Å². The van der Waals surface area contributed by atoms with Gasteiger partial charge in [-0.05, 0) is 13.3 Å². The SMILES string of the molecule is C=C[C@@H]1C[C@]1(NC(=O)[C@@H]1C[C@@H](Oc2cc(N)nc(=O)n2[C@@H]2O[C@H](CO)[C@@H](O)[C@H]2O)CN1)C(=O)OCC. The van der Waals surface area contributed by atoms with Crippen molar-refractivity contribution < 1.29 is 39.1 Å². The maximum Gasteiger partial charge on any atom is 0.354 e. The largest absolute Gasteiger partial charge is 0.474 e. The standard InChI is InChI=1S/C22H31N5O9/c1-3-10-7-22(10,20(32)34-4-2)26-18(31)12-5-11(8-24-12)35-15-6-14(23)25-21(33)27(15)19-17(30)16(29)13(9-28)36-19/h3,6,10-13,16-17,19,24,28-30H,1,4-5,7-9H2,2H3,(H,26,31)(H2,23,25,33)/t10-,11-,12+,13-,16-,17-,19-,22-/m1/s1. The van der Waals surface area contributed by atoms with Crippen molar-refractivity contribution in [1.82, 2.24) is 20.2 Å². The third-order valence-electron chi connectivity index (χ3n) is 6.69. The van der Waals surface area contributed by atoms with E-state index in [2.05, 4.69) is 22.2 Å². The molecule has 2 saturated heterocycles. The quantitative estimate of drug-likeness (QED) is 0.147. The second-order valence-electron chi connectivity index (χ2n) is 9.06. The zero-order valence-corrected chi connectivity index (χ0v) is 19.7. The summed E-state index contributed by atoms with van der Waals surface area (Å²) in [6, 6.07) is 0.568. The number of nitrogens with one attached hydrogen (secondary N) is 2. The molecule has 36 heavy (non-hydrogen) atoms. The summed E-state index contributed by atoms with van der Waals surface area (Å²) in [6.45, 7) is 5.22. The summed E-state index contributed by atoms with van der Waals surface area (Å²) < 4.78 is 17.4. The van der Waals surface area contributed by atoms with Crippen molar-refractivity contribution in [2.45, 2.75) is 62.0 Å². The normalized spacial score (nSPS) is 35.3. The van der Waals surface area contributed by atoms with Gasteiger partial charge in [-0.2, -0.15) is 4.98 Å². The van der Waals surface area contributed by atoms with Crippen molar-refractivity contribution in [2.24, 2.45) is 5.92 Å². The van der Waals surface area contributed by atoms with E-state index in [1.54, 1.807) is 13.0 Å². The molecule has 8 atom stereocenters. The Kier molecular flexibility index (Phi) is 7.33. The maximum atomic E-state index is 12.9. The molecule has 2 aliphatic heterocycles. The molecular formula is C22H31N5O9. The number of carbonyl (C=O) groups is 2. The van der Waals surface area contributed by atoms with Gasteiger partial charge in [0.25, 0.3) is 0 Å². The molecule has 1 amide bonds. The highest BCUT2D eigenvalue weighted by atomic mass is 16.6. The molecule has 4 rings (SSSR count). The summed E-state index contributed by atoms with van der Waals surface area (Å²) in [4.78, 5) is 41.6. The van der Waals surface area contributed by atoms with Crippen LogP contribution in [0.3, 0.4) is 0 Å². The highest BCUT2D eigenvalue weighted by molar-refractivity contribution is 5.93. The molecule has 3 heterocycles. The first kappa shape index (κ1) is 26.0. The number of nitrogens with two attached hydrogens (primary N) is 1. The van der Waals surface area contributed by atoms with Crippen LogP contribution < -0.4 is 26.8 Å². The summed E-state index contributed by atoms with van der Waals surface area (Å²) in [5.41, 5.74) is 3.70.